The first-order chi connectivity index (χ1) is 17.0. The average molecular weight is 506 g/mol. The summed E-state index contributed by atoms with van der Waals surface area (Å²) in [6.07, 6.45) is -3.34. The quantitative estimate of drug-likeness (QED) is 0.436. The highest BCUT2D eigenvalue weighted by molar-refractivity contribution is 5.93. The van der Waals surface area contributed by atoms with E-state index in [9.17, 15) is 36.6 Å². The van der Waals surface area contributed by atoms with Gasteiger partial charge in [0.25, 0.3) is 11.5 Å². The number of imidazole rings is 1. The summed E-state index contributed by atoms with van der Waals surface area (Å²) in [6.45, 7) is 2.01. The number of rotatable bonds is 4. The molecular weight excluding hydrogens is 487 g/mol. The van der Waals surface area contributed by atoms with Crippen molar-refractivity contribution >= 4 is 5.91 Å². The van der Waals surface area contributed by atoms with Crippen molar-refractivity contribution in [1.82, 2.24) is 19.0 Å². The normalized spacial score (nSPS) is 14.3. The Balaban J connectivity index is 1.43. The molecule has 0 saturated heterocycles. The van der Waals surface area contributed by atoms with Gasteiger partial charge in [-0.25, -0.2) is 13.8 Å². The Morgan fingerprint density at radius 1 is 1.14 bits per heavy atom. The molecule has 0 aliphatic carbocycles. The molecule has 1 aliphatic rings. The minimum atomic E-state index is -5.18. The van der Waals surface area contributed by atoms with Gasteiger partial charge in [-0.3, -0.25) is 9.59 Å². The lowest BCUT2D eigenvalue weighted by atomic mass is 10.1. The largest absolute Gasteiger partial charge is 0.422 e. The van der Waals surface area contributed by atoms with Crippen LogP contribution in [0.3, 0.4) is 0 Å². The first-order valence-electron chi connectivity index (χ1n) is 10.7. The smallest absolute Gasteiger partial charge is 0.390 e. The van der Waals surface area contributed by atoms with Crippen LogP contribution in [-0.4, -0.2) is 49.2 Å². The van der Waals surface area contributed by atoms with Gasteiger partial charge >= 0.3 is 6.18 Å². The summed E-state index contributed by atoms with van der Waals surface area (Å²) < 4.78 is 68.2. The van der Waals surface area contributed by atoms with Crippen molar-refractivity contribution in [2.24, 2.45) is 0 Å². The molecule has 2 aromatic heterocycles. The summed E-state index contributed by atoms with van der Waals surface area (Å²) in [6, 6.07) is 3.96. The second kappa shape index (κ2) is 9.58. The lowest BCUT2D eigenvalue weighted by Crippen LogP contribution is -2.47. The van der Waals surface area contributed by atoms with Crippen molar-refractivity contribution in [2.75, 3.05) is 13.1 Å². The molecule has 1 aliphatic heterocycles. The number of nitrogens with zero attached hydrogens (tertiary/aromatic N) is 4. The summed E-state index contributed by atoms with van der Waals surface area (Å²) in [5.74, 6) is 0.737. The van der Waals surface area contributed by atoms with Crippen LogP contribution in [-0.2, 0) is 12.7 Å². The molecule has 1 atom stereocenters. The number of carbonyl (C=O) groups excluding carboxylic acids is 1. The average Bonchev–Trinajstić information content (AvgIpc) is 3.20. The van der Waals surface area contributed by atoms with Gasteiger partial charge in [-0.15, -0.1) is 0 Å². The third kappa shape index (κ3) is 5.01. The van der Waals surface area contributed by atoms with Crippen LogP contribution >= 0.6 is 0 Å². The van der Waals surface area contributed by atoms with Crippen molar-refractivity contribution in [2.45, 2.75) is 32.2 Å². The Hall–Kier alpha value is -3.98. The molecule has 0 saturated carbocycles. The number of amides is 1. The molecule has 0 radical (unpaired) electrons. The Labute approximate surface area is 201 Å². The number of aryl methyl sites for hydroxylation is 1. The molecule has 7 nitrogen and oxygen atoms in total. The fourth-order valence-corrected chi connectivity index (χ4v) is 3.89. The van der Waals surface area contributed by atoms with E-state index in [0.29, 0.717) is 17.8 Å². The van der Waals surface area contributed by atoms with Crippen LogP contribution in [0.5, 0.6) is 0 Å². The summed E-state index contributed by atoms with van der Waals surface area (Å²) in [4.78, 5) is 31.2. The van der Waals surface area contributed by atoms with Crippen LogP contribution in [0.1, 0.15) is 33.7 Å². The Bertz CT molecular complexity index is 1430. The van der Waals surface area contributed by atoms with Gasteiger partial charge in [0.2, 0.25) is 0 Å². The van der Waals surface area contributed by atoms with E-state index in [0.717, 1.165) is 5.69 Å². The molecule has 1 N–H and O–H groups in total. The number of hydrogen-bond acceptors (Lipinski definition) is 4. The number of hydrogen-bond donors (Lipinski definition) is 1. The number of benzene rings is 1. The second-order valence-electron chi connectivity index (χ2n) is 8.21. The van der Waals surface area contributed by atoms with E-state index in [4.69, 9.17) is 0 Å². The molecule has 188 valence electrons. The molecule has 0 unspecified atom stereocenters. The SMILES string of the molecule is Cc1cn(-c2ccc3n(c2=O)CCN(C[C@@H](O)CC#Cc2cc(F)c(C(F)(F)F)c(F)c2)C3=O)cn1. The third-order valence-electron chi connectivity index (χ3n) is 5.57. The van der Waals surface area contributed by atoms with Crippen molar-refractivity contribution in [3.63, 3.8) is 0 Å². The molecule has 0 fully saturated rings. The van der Waals surface area contributed by atoms with Gasteiger partial charge in [-0.05, 0) is 31.2 Å². The lowest BCUT2D eigenvalue weighted by Gasteiger charge is -2.31. The van der Waals surface area contributed by atoms with Crippen LogP contribution in [0.2, 0.25) is 0 Å². The van der Waals surface area contributed by atoms with E-state index in [-0.39, 0.29) is 42.9 Å². The highest BCUT2D eigenvalue weighted by Crippen LogP contribution is 2.33. The maximum absolute atomic E-state index is 13.7. The third-order valence-corrected chi connectivity index (χ3v) is 5.57. The predicted molar refractivity (Wildman–Crippen MR) is 117 cm³/mol. The first kappa shape index (κ1) is 25.1. The number of aliphatic hydroxyl groups excluding tert-OH is 1. The minimum absolute atomic E-state index is 0.125. The van der Waals surface area contributed by atoms with Crippen molar-refractivity contribution in [3.05, 3.63) is 81.3 Å². The zero-order valence-electron chi connectivity index (χ0n) is 18.8. The van der Waals surface area contributed by atoms with E-state index in [1.807, 2.05) is 0 Å². The number of aromatic nitrogens is 3. The Morgan fingerprint density at radius 3 is 2.44 bits per heavy atom. The summed E-state index contributed by atoms with van der Waals surface area (Å²) in [5, 5.41) is 10.3. The number of β-amino-alcohol motifs (C(OH)–C–C–N with tert-alkyl or cyclic N) is 1. The fourth-order valence-electron chi connectivity index (χ4n) is 3.89. The van der Waals surface area contributed by atoms with Crippen LogP contribution in [0.15, 0.2) is 41.6 Å². The second-order valence-corrected chi connectivity index (χ2v) is 8.21. The molecule has 0 spiro atoms. The first-order valence-corrected chi connectivity index (χ1v) is 10.7. The van der Waals surface area contributed by atoms with Crippen molar-refractivity contribution < 1.29 is 31.9 Å². The van der Waals surface area contributed by atoms with Crippen molar-refractivity contribution in [3.8, 4) is 17.5 Å². The number of carbonyl (C=O) groups is 1. The number of pyridine rings is 1. The number of alkyl halides is 3. The maximum Gasteiger partial charge on any atom is 0.422 e. The predicted octanol–water partition coefficient (Wildman–Crippen LogP) is 2.90. The molecule has 3 heterocycles. The minimum Gasteiger partial charge on any atom is -0.390 e. The van der Waals surface area contributed by atoms with Gasteiger partial charge in [0.1, 0.15) is 28.6 Å². The molecule has 1 amide bonds. The summed E-state index contributed by atoms with van der Waals surface area (Å²) in [7, 11) is 0. The molecule has 4 rings (SSSR count). The van der Waals surface area contributed by atoms with Gasteiger partial charge in [0, 0.05) is 37.8 Å². The molecule has 1 aromatic carbocycles. The topological polar surface area (TPSA) is 80.4 Å². The Morgan fingerprint density at radius 2 is 1.83 bits per heavy atom. The van der Waals surface area contributed by atoms with E-state index in [1.165, 1.54) is 27.9 Å². The van der Waals surface area contributed by atoms with Gasteiger partial charge in [-0.1, -0.05) is 11.8 Å². The molecule has 3 aromatic rings. The zero-order valence-corrected chi connectivity index (χ0v) is 18.8. The van der Waals surface area contributed by atoms with Gasteiger partial charge < -0.3 is 19.1 Å². The lowest BCUT2D eigenvalue weighted by molar-refractivity contribution is -0.142. The summed E-state index contributed by atoms with van der Waals surface area (Å²) >= 11 is 0. The van der Waals surface area contributed by atoms with Gasteiger partial charge in [0.15, 0.2) is 0 Å². The monoisotopic (exact) mass is 506 g/mol. The zero-order chi connectivity index (χ0) is 26.2. The van der Waals surface area contributed by atoms with Crippen LogP contribution in [0, 0.1) is 30.4 Å². The molecular formula is C24H19F5N4O3. The van der Waals surface area contributed by atoms with E-state index in [2.05, 4.69) is 16.8 Å². The van der Waals surface area contributed by atoms with Crippen molar-refractivity contribution in [1.29, 1.82) is 0 Å². The van der Waals surface area contributed by atoms with E-state index < -0.39 is 35.4 Å². The summed E-state index contributed by atoms with van der Waals surface area (Å²) in [5.41, 5.74) is -1.46. The fraction of sp³-hybridized carbons (Fsp3) is 0.292. The van der Waals surface area contributed by atoms with Gasteiger partial charge in [0.05, 0.1) is 18.1 Å². The highest BCUT2D eigenvalue weighted by Gasteiger charge is 2.37. The Kier molecular flexibility index (Phi) is 6.69. The molecule has 0 bridgehead atoms. The van der Waals surface area contributed by atoms with E-state index >= 15 is 0 Å². The molecule has 12 heteroatoms. The van der Waals surface area contributed by atoms with E-state index in [1.54, 1.807) is 17.7 Å². The number of aliphatic hydroxyl groups is 1. The highest BCUT2D eigenvalue weighted by atomic mass is 19.4. The van der Waals surface area contributed by atoms with Crippen LogP contribution < -0.4 is 5.56 Å². The molecule has 36 heavy (non-hydrogen) atoms. The maximum atomic E-state index is 13.7. The number of fused-ring (bicyclic) bond motifs is 1. The number of halogens is 5. The van der Waals surface area contributed by atoms with Gasteiger partial charge in [-0.2, -0.15) is 13.2 Å². The standard InChI is InChI=1S/C24H19F5N4O3/c1-14-11-32(13-30-14)19-5-6-20-22(35)31(7-8-33(20)23(19)36)12-16(34)4-2-3-15-9-17(25)21(18(26)10-15)24(27,28)29/h5-6,9-11,13,16,34H,4,7-8,12H2,1H3/t16-/m0/s1. The van der Waals surface area contributed by atoms with Crippen LogP contribution in [0.25, 0.3) is 5.69 Å². The van der Waals surface area contributed by atoms with Crippen LogP contribution in [0.4, 0.5) is 22.0 Å².